The van der Waals surface area contributed by atoms with Gasteiger partial charge in [0.1, 0.15) is 5.76 Å². The number of nitrogens with one attached hydrogen (secondary N) is 1. The zero-order chi connectivity index (χ0) is 15.7. The number of hydrogen-bond acceptors (Lipinski definition) is 4. The maximum Gasteiger partial charge on any atom is 0.229 e. The molecule has 3 atom stereocenters. The summed E-state index contributed by atoms with van der Waals surface area (Å²) >= 11 is 0. The number of hydrogen-bond donors (Lipinski definition) is 1. The molecule has 0 aromatic carbocycles. The minimum Gasteiger partial charge on any atom is -0.360 e. The number of carbonyl (C=O) groups excluding carboxylic acids is 2. The second-order valence-corrected chi connectivity index (χ2v) is 6.35. The number of carbonyl (C=O) groups is 2. The Morgan fingerprint density at radius 2 is 2.23 bits per heavy atom. The molecule has 1 saturated heterocycles. The van der Waals surface area contributed by atoms with E-state index in [1.807, 2.05) is 4.90 Å². The third-order valence-electron chi connectivity index (χ3n) is 4.71. The lowest BCUT2D eigenvalue weighted by Crippen LogP contribution is -2.44. The van der Waals surface area contributed by atoms with E-state index in [0.717, 1.165) is 25.8 Å². The van der Waals surface area contributed by atoms with Gasteiger partial charge in [0.2, 0.25) is 11.8 Å². The monoisotopic (exact) mass is 305 g/mol. The average molecular weight is 305 g/mol. The van der Waals surface area contributed by atoms with Crippen molar-refractivity contribution in [3.05, 3.63) is 11.8 Å². The topological polar surface area (TPSA) is 75.4 Å². The Morgan fingerprint density at radius 3 is 2.91 bits per heavy atom. The molecule has 1 saturated carbocycles. The molecular weight excluding hydrogens is 282 g/mol. The van der Waals surface area contributed by atoms with E-state index in [0.29, 0.717) is 24.0 Å². The molecule has 6 heteroatoms. The number of likely N-dealkylation sites (tertiary alicyclic amines) is 1. The van der Waals surface area contributed by atoms with Gasteiger partial charge in [-0.3, -0.25) is 9.59 Å². The summed E-state index contributed by atoms with van der Waals surface area (Å²) in [5.41, 5.74) is 0. The first-order valence-corrected chi connectivity index (χ1v) is 8.14. The standard InChI is InChI=1S/C16H23N3O3/c1-3-11-6-4-5-7-19(11)16(21)13-9-12(13)15(20)17-14-8-10(2)22-18-14/h8,11-13H,3-7,9H2,1-2H3,(H,17,18,20). The third kappa shape index (κ3) is 3.00. The average Bonchev–Trinajstić information content (AvgIpc) is 3.23. The van der Waals surface area contributed by atoms with Crippen LogP contribution in [0.2, 0.25) is 0 Å². The number of aryl methyl sites for hydroxylation is 1. The Kier molecular flexibility index (Phi) is 4.18. The molecule has 1 N–H and O–H groups in total. The summed E-state index contributed by atoms with van der Waals surface area (Å²) in [6, 6.07) is 2.03. The van der Waals surface area contributed by atoms with Crippen LogP contribution in [-0.4, -0.2) is 34.5 Å². The highest BCUT2D eigenvalue weighted by molar-refractivity contribution is 5.99. The number of anilines is 1. The number of aromatic nitrogens is 1. The second-order valence-electron chi connectivity index (χ2n) is 6.35. The van der Waals surface area contributed by atoms with Crippen LogP contribution in [0.25, 0.3) is 0 Å². The minimum atomic E-state index is -0.219. The lowest BCUT2D eigenvalue weighted by Gasteiger charge is -2.35. The van der Waals surface area contributed by atoms with Crippen molar-refractivity contribution in [3.8, 4) is 0 Å². The van der Waals surface area contributed by atoms with Gasteiger partial charge in [-0.2, -0.15) is 0 Å². The van der Waals surface area contributed by atoms with Crippen molar-refractivity contribution in [1.82, 2.24) is 10.1 Å². The molecule has 0 bridgehead atoms. The zero-order valence-electron chi connectivity index (χ0n) is 13.2. The highest BCUT2D eigenvalue weighted by Gasteiger charge is 2.50. The van der Waals surface area contributed by atoms with Crippen LogP contribution in [-0.2, 0) is 9.59 Å². The lowest BCUT2D eigenvalue weighted by atomic mass is 9.99. The van der Waals surface area contributed by atoms with Crippen molar-refractivity contribution in [2.24, 2.45) is 11.8 Å². The van der Waals surface area contributed by atoms with E-state index in [9.17, 15) is 9.59 Å². The van der Waals surface area contributed by atoms with Crippen LogP contribution in [0.4, 0.5) is 5.82 Å². The first-order valence-electron chi connectivity index (χ1n) is 8.14. The summed E-state index contributed by atoms with van der Waals surface area (Å²) in [5, 5.41) is 6.47. The highest BCUT2D eigenvalue weighted by atomic mass is 16.5. The molecular formula is C16H23N3O3. The van der Waals surface area contributed by atoms with E-state index >= 15 is 0 Å². The van der Waals surface area contributed by atoms with Gasteiger partial charge in [-0.15, -0.1) is 0 Å². The lowest BCUT2D eigenvalue weighted by molar-refractivity contribution is -0.137. The minimum absolute atomic E-state index is 0.128. The molecule has 2 aliphatic rings. The molecule has 120 valence electrons. The fraction of sp³-hybridized carbons (Fsp3) is 0.688. The SMILES string of the molecule is CCC1CCCCN1C(=O)C1CC1C(=O)Nc1cc(C)on1. The third-order valence-corrected chi connectivity index (χ3v) is 4.71. The molecule has 22 heavy (non-hydrogen) atoms. The van der Waals surface area contributed by atoms with E-state index in [1.54, 1.807) is 13.0 Å². The van der Waals surface area contributed by atoms with Crippen LogP contribution in [0.3, 0.4) is 0 Å². The maximum atomic E-state index is 12.6. The molecule has 2 amide bonds. The van der Waals surface area contributed by atoms with Crippen molar-refractivity contribution >= 4 is 17.6 Å². The second kappa shape index (κ2) is 6.10. The van der Waals surface area contributed by atoms with E-state index in [1.165, 1.54) is 6.42 Å². The van der Waals surface area contributed by atoms with E-state index in [2.05, 4.69) is 17.4 Å². The molecule has 0 spiro atoms. The molecule has 0 radical (unpaired) electrons. The van der Waals surface area contributed by atoms with Gasteiger partial charge in [0, 0.05) is 18.7 Å². The van der Waals surface area contributed by atoms with E-state index in [-0.39, 0.29) is 23.7 Å². The van der Waals surface area contributed by atoms with Crippen LogP contribution >= 0.6 is 0 Å². The van der Waals surface area contributed by atoms with Crippen LogP contribution in [0, 0.1) is 18.8 Å². The van der Waals surface area contributed by atoms with Crippen LogP contribution < -0.4 is 5.32 Å². The first kappa shape index (κ1) is 15.1. The van der Waals surface area contributed by atoms with Crippen molar-refractivity contribution in [2.45, 2.75) is 52.0 Å². The molecule has 2 heterocycles. The van der Waals surface area contributed by atoms with Gasteiger partial charge in [0.15, 0.2) is 5.82 Å². The quantitative estimate of drug-likeness (QED) is 0.926. The fourth-order valence-electron chi connectivity index (χ4n) is 3.33. The summed E-state index contributed by atoms with van der Waals surface area (Å²) < 4.78 is 4.92. The van der Waals surface area contributed by atoms with Crippen LogP contribution in [0.1, 0.15) is 44.8 Å². The summed E-state index contributed by atoms with van der Waals surface area (Å²) in [6.45, 7) is 4.73. The number of piperidine rings is 1. The molecule has 3 rings (SSSR count). The molecule has 1 aliphatic carbocycles. The van der Waals surface area contributed by atoms with Gasteiger partial charge in [-0.1, -0.05) is 12.1 Å². The van der Waals surface area contributed by atoms with Gasteiger partial charge in [-0.05, 0) is 39.0 Å². The molecule has 2 fully saturated rings. The maximum absolute atomic E-state index is 12.6. The van der Waals surface area contributed by atoms with Crippen LogP contribution in [0.15, 0.2) is 10.6 Å². The summed E-state index contributed by atoms with van der Waals surface area (Å²) in [7, 11) is 0. The summed E-state index contributed by atoms with van der Waals surface area (Å²) in [6.07, 6.45) is 5.00. The molecule has 1 aromatic heterocycles. The number of amides is 2. The van der Waals surface area contributed by atoms with Gasteiger partial charge in [0.25, 0.3) is 0 Å². The Bertz CT molecular complexity index is 569. The smallest absolute Gasteiger partial charge is 0.229 e. The van der Waals surface area contributed by atoms with Gasteiger partial charge < -0.3 is 14.7 Å². The Labute approximate surface area is 130 Å². The van der Waals surface area contributed by atoms with E-state index < -0.39 is 0 Å². The molecule has 1 aliphatic heterocycles. The summed E-state index contributed by atoms with van der Waals surface area (Å²) in [5.74, 6) is 0.728. The van der Waals surface area contributed by atoms with Gasteiger partial charge in [0.05, 0.1) is 11.8 Å². The molecule has 6 nitrogen and oxygen atoms in total. The van der Waals surface area contributed by atoms with Crippen molar-refractivity contribution in [3.63, 3.8) is 0 Å². The molecule has 3 unspecified atom stereocenters. The van der Waals surface area contributed by atoms with E-state index in [4.69, 9.17) is 4.52 Å². The van der Waals surface area contributed by atoms with Gasteiger partial charge >= 0.3 is 0 Å². The normalized spacial score (nSPS) is 27.5. The van der Waals surface area contributed by atoms with Gasteiger partial charge in [-0.25, -0.2) is 0 Å². The fourth-order valence-corrected chi connectivity index (χ4v) is 3.33. The van der Waals surface area contributed by atoms with Crippen molar-refractivity contribution in [1.29, 1.82) is 0 Å². The highest BCUT2D eigenvalue weighted by Crippen LogP contribution is 2.42. The Morgan fingerprint density at radius 1 is 1.41 bits per heavy atom. The Balaban J connectivity index is 1.56. The van der Waals surface area contributed by atoms with Crippen molar-refractivity contribution in [2.75, 3.05) is 11.9 Å². The first-order chi connectivity index (χ1) is 10.6. The van der Waals surface area contributed by atoms with Crippen LogP contribution in [0.5, 0.6) is 0 Å². The number of rotatable bonds is 4. The van der Waals surface area contributed by atoms with Crippen molar-refractivity contribution < 1.29 is 14.1 Å². The largest absolute Gasteiger partial charge is 0.360 e. The Hall–Kier alpha value is -1.85. The molecule has 1 aromatic rings. The predicted octanol–water partition coefficient (Wildman–Crippen LogP) is 2.35. The predicted molar refractivity (Wildman–Crippen MR) is 81.1 cm³/mol. The zero-order valence-corrected chi connectivity index (χ0v) is 13.2. The summed E-state index contributed by atoms with van der Waals surface area (Å²) in [4.78, 5) is 26.8. The number of nitrogens with zero attached hydrogens (tertiary/aromatic N) is 2.